The molecule has 1 unspecified atom stereocenters. The molecule has 0 aliphatic rings. The van der Waals surface area contributed by atoms with Crippen LogP contribution in [0.2, 0.25) is 5.02 Å². The number of hydrogen-bond donors (Lipinski definition) is 1. The van der Waals surface area contributed by atoms with Gasteiger partial charge in [-0.25, -0.2) is 0 Å². The summed E-state index contributed by atoms with van der Waals surface area (Å²) >= 11 is 7.35. The van der Waals surface area contributed by atoms with Crippen LogP contribution in [0.1, 0.15) is 25.6 Å². The van der Waals surface area contributed by atoms with E-state index in [1.807, 2.05) is 0 Å². The van der Waals surface area contributed by atoms with Crippen molar-refractivity contribution < 1.29 is 19.4 Å². The lowest BCUT2D eigenvalue weighted by atomic mass is 9.74. The molecule has 0 saturated heterocycles. The molecule has 1 aromatic heterocycles. The van der Waals surface area contributed by atoms with Crippen molar-refractivity contribution in [2.24, 2.45) is 11.3 Å². The first kappa shape index (κ1) is 16.0. The minimum Gasteiger partial charge on any atom is -0.480 e. The smallest absolute Gasteiger partial charge is 0.324 e. The average molecular weight is 305 g/mol. The second-order valence-corrected chi connectivity index (χ2v) is 5.93. The molecule has 0 aliphatic heterocycles. The normalized spacial score (nSPS) is 14.2. The first-order valence-electron chi connectivity index (χ1n) is 5.98. The van der Waals surface area contributed by atoms with E-state index >= 15 is 0 Å². The Morgan fingerprint density at radius 1 is 1.53 bits per heavy atom. The van der Waals surface area contributed by atoms with Gasteiger partial charge in [0.1, 0.15) is 0 Å². The van der Waals surface area contributed by atoms with Gasteiger partial charge < -0.3 is 9.84 Å². The molecule has 0 saturated carbocycles. The van der Waals surface area contributed by atoms with E-state index in [0.29, 0.717) is 9.90 Å². The molecule has 0 fully saturated rings. The highest BCUT2D eigenvalue weighted by Gasteiger charge is 2.51. The van der Waals surface area contributed by atoms with Crippen molar-refractivity contribution in [1.82, 2.24) is 0 Å². The third kappa shape index (κ3) is 3.09. The molecule has 1 N–H and O–H groups in total. The second kappa shape index (κ2) is 6.39. The minimum absolute atomic E-state index is 0.0509. The predicted octanol–water partition coefficient (Wildman–Crippen LogP) is 3.23. The van der Waals surface area contributed by atoms with Gasteiger partial charge in [-0.05, 0) is 24.3 Å². The fourth-order valence-electron chi connectivity index (χ4n) is 1.89. The summed E-state index contributed by atoms with van der Waals surface area (Å²) in [6.07, 6.45) is 0.0509. The van der Waals surface area contributed by atoms with E-state index in [2.05, 4.69) is 0 Å². The molecular formula is C13H17ClO4S. The summed E-state index contributed by atoms with van der Waals surface area (Å²) in [5.74, 6) is -2.28. The predicted molar refractivity (Wildman–Crippen MR) is 74.6 cm³/mol. The third-order valence-corrected chi connectivity index (χ3v) is 4.52. The lowest BCUT2D eigenvalue weighted by molar-refractivity contribution is -0.172. The Labute approximate surface area is 121 Å². The van der Waals surface area contributed by atoms with Gasteiger partial charge in [0, 0.05) is 11.3 Å². The van der Waals surface area contributed by atoms with Gasteiger partial charge in [-0.15, -0.1) is 11.3 Å². The standard InChI is InChI=1S/C13H17ClO4S/c1-4-18-12(17)13(8(2)3,11(15)16)7-10-9(14)5-6-19-10/h5-6,8H,4,7H2,1-3H3,(H,15,16). The number of carboxylic acids is 1. The largest absolute Gasteiger partial charge is 0.480 e. The summed E-state index contributed by atoms with van der Waals surface area (Å²) in [5, 5.41) is 11.8. The van der Waals surface area contributed by atoms with Crippen LogP contribution < -0.4 is 0 Å². The van der Waals surface area contributed by atoms with Crippen molar-refractivity contribution in [3.63, 3.8) is 0 Å². The van der Waals surface area contributed by atoms with Crippen LogP contribution in [0.3, 0.4) is 0 Å². The number of ether oxygens (including phenoxy) is 1. The summed E-state index contributed by atoms with van der Waals surface area (Å²) in [7, 11) is 0. The maximum atomic E-state index is 12.1. The fourth-order valence-corrected chi connectivity index (χ4v) is 3.08. The van der Waals surface area contributed by atoms with Crippen molar-refractivity contribution >= 4 is 34.9 Å². The maximum absolute atomic E-state index is 12.1. The lowest BCUT2D eigenvalue weighted by Gasteiger charge is -2.30. The van der Waals surface area contributed by atoms with Gasteiger partial charge in [0.2, 0.25) is 0 Å². The summed E-state index contributed by atoms with van der Waals surface area (Å²) in [5.41, 5.74) is -1.59. The first-order chi connectivity index (χ1) is 8.86. The van der Waals surface area contributed by atoms with E-state index in [4.69, 9.17) is 16.3 Å². The van der Waals surface area contributed by atoms with E-state index in [1.165, 1.54) is 11.3 Å². The van der Waals surface area contributed by atoms with Gasteiger partial charge >= 0.3 is 11.9 Å². The molecule has 1 rings (SSSR count). The average Bonchev–Trinajstić information content (AvgIpc) is 2.70. The Balaban J connectivity index is 3.21. The van der Waals surface area contributed by atoms with Crippen molar-refractivity contribution in [2.45, 2.75) is 27.2 Å². The number of thiophene rings is 1. The molecule has 1 heterocycles. The maximum Gasteiger partial charge on any atom is 0.324 e. The minimum atomic E-state index is -1.59. The highest BCUT2D eigenvalue weighted by molar-refractivity contribution is 7.10. The number of aliphatic carboxylic acids is 1. The number of halogens is 1. The number of carbonyl (C=O) groups excluding carboxylic acids is 1. The number of carboxylic acid groups (broad SMARTS) is 1. The molecule has 1 aromatic rings. The molecule has 4 nitrogen and oxygen atoms in total. The van der Waals surface area contributed by atoms with Crippen molar-refractivity contribution in [2.75, 3.05) is 6.61 Å². The zero-order valence-corrected chi connectivity index (χ0v) is 12.7. The molecule has 6 heteroatoms. The summed E-state index contributed by atoms with van der Waals surface area (Å²) in [4.78, 5) is 24.5. The zero-order chi connectivity index (χ0) is 14.6. The highest BCUT2D eigenvalue weighted by atomic mass is 35.5. The van der Waals surface area contributed by atoms with Crippen LogP contribution in [0.25, 0.3) is 0 Å². The van der Waals surface area contributed by atoms with Gasteiger partial charge in [-0.1, -0.05) is 25.4 Å². The lowest BCUT2D eigenvalue weighted by Crippen LogP contribution is -2.46. The molecule has 0 spiro atoms. The molecular weight excluding hydrogens is 288 g/mol. The van der Waals surface area contributed by atoms with E-state index in [0.717, 1.165) is 0 Å². The Bertz CT molecular complexity index is 469. The van der Waals surface area contributed by atoms with Gasteiger partial charge in [0.05, 0.1) is 11.6 Å². The topological polar surface area (TPSA) is 63.6 Å². The van der Waals surface area contributed by atoms with E-state index in [-0.39, 0.29) is 13.0 Å². The van der Waals surface area contributed by atoms with E-state index in [1.54, 1.807) is 32.2 Å². The quantitative estimate of drug-likeness (QED) is 0.647. The van der Waals surface area contributed by atoms with Crippen molar-refractivity contribution in [3.8, 4) is 0 Å². The molecule has 0 aliphatic carbocycles. The summed E-state index contributed by atoms with van der Waals surface area (Å²) < 4.78 is 4.96. The Morgan fingerprint density at radius 2 is 2.16 bits per heavy atom. The zero-order valence-electron chi connectivity index (χ0n) is 11.1. The molecule has 1 atom stereocenters. The number of rotatable bonds is 6. The van der Waals surface area contributed by atoms with Crippen LogP contribution in [0.15, 0.2) is 11.4 Å². The first-order valence-corrected chi connectivity index (χ1v) is 7.24. The van der Waals surface area contributed by atoms with Crippen molar-refractivity contribution in [1.29, 1.82) is 0 Å². The molecule has 19 heavy (non-hydrogen) atoms. The Hall–Kier alpha value is -1.07. The van der Waals surface area contributed by atoms with E-state index < -0.39 is 23.3 Å². The number of esters is 1. The Morgan fingerprint density at radius 3 is 2.53 bits per heavy atom. The summed E-state index contributed by atoms with van der Waals surface area (Å²) in [6, 6.07) is 1.69. The number of hydrogen-bond acceptors (Lipinski definition) is 4. The Kier molecular flexibility index (Phi) is 5.38. The van der Waals surface area contributed by atoms with Crippen LogP contribution in [-0.2, 0) is 20.7 Å². The monoisotopic (exact) mass is 304 g/mol. The molecule has 0 amide bonds. The van der Waals surface area contributed by atoms with Crippen LogP contribution in [0.5, 0.6) is 0 Å². The second-order valence-electron chi connectivity index (χ2n) is 4.52. The van der Waals surface area contributed by atoms with Crippen LogP contribution in [0.4, 0.5) is 0 Å². The van der Waals surface area contributed by atoms with Gasteiger partial charge in [0.15, 0.2) is 5.41 Å². The number of carbonyl (C=O) groups is 2. The van der Waals surface area contributed by atoms with Crippen LogP contribution in [0, 0.1) is 11.3 Å². The fraction of sp³-hybridized carbons (Fsp3) is 0.538. The third-order valence-electron chi connectivity index (χ3n) is 3.14. The van der Waals surface area contributed by atoms with Crippen LogP contribution in [-0.4, -0.2) is 23.7 Å². The van der Waals surface area contributed by atoms with Gasteiger partial charge in [-0.3, -0.25) is 9.59 Å². The van der Waals surface area contributed by atoms with Crippen molar-refractivity contribution in [3.05, 3.63) is 21.3 Å². The molecule has 0 aromatic carbocycles. The van der Waals surface area contributed by atoms with Gasteiger partial charge in [-0.2, -0.15) is 0 Å². The molecule has 106 valence electrons. The summed E-state index contributed by atoms with van der Waals surface area (Å²) in [6.45, 7) is 5.21. The highest BCUT2D eigenvalue weighted by Crippen LogP contribution is 2.37. The van der Waals surface area contributed by atoms with Gasteiger partial charge in [0.25, 0.3) is 0 Å². The molecule has 0 radical (unpaired) electrons. The van der Waals surface area contributed by atoms with Crippen LogP contribution >= 0.6 is 22.9 Å². The van der Waals surface area contributed by atoms with E-state index in [9.17, 15) is 14.7 Å². The molecule has 0 bridgehead atoms. The SMILES string of the molecule is CCOC(=O)C(Cc1sccc1Cl)(C(=O)O)C(C)C.